The van der Waals surface area contributed by atoms with Crippen LogP contribution in [0.25, 0.3) is 22.2 Å². The summed E-state index contributed by atoms with van der Waals surface area (Å²) in [6, 6.07) is 21.8. The minimum atomic E-state index is 0.958. The molecule has 4 aromatic rings. The fourth-order valence-electron chi connectivity index (χ4n) is 3.30. The first-order chi connectivity index (χ1) is 12.7. The Morgan fingerprint density at radius 1 is 0.808 bits per heavy atom. The van der Waals surface area contributed by atoms with Crippen LogP contribution in [0, 0.1) is 6.92 Å². The summed E-state index contributed by atoms with van der Waals surface area (Å²) in [5, 5.41) is 1.11. The molecule has 0 bridgehead atoms. The van der Waals surface area contributed by atoms with Crippen molar-refractivity contribution in [3.8, 4) is 11.3 Å². The molecular weight excluding hydrogens is 316 g/mol. The maximum Gasteiger partial charge on any atom is 0.0742 e. The van der Waals surface area contributed by atoms with E-state index in [4.69, 9.17) is 4.98 Å². The lowest BCUT2D eigenvalue weighted by atomic mass is 10.0. The Labute approximate surface area is 154 Å². The van der Waals surface area contributed by atoms with Gasteiger partial charge in [-0.05, 0) is 54.2 Å². The molecule has 2 heteroatoms. The number of nitrogens with zero attached hydrogens (tertiary/aromatic N) is 2. The van der Waals surface area contributed by atoms with Crippen LogP contribution in [0.1, 0.15) is 29.2 Å². The number of fused-ring (bicyclic) bond motifs is 1. The quantitative estimate of drug-likeness (QED) is 0.473. The highest BCUT2D eigenvalue weighted by Gasteiger charge is 2.05. The predicted molar refractivity (Wildman–Crippen MR) is 108 cm³/mol. The molecule has 2 aromatic carbocycles. The molecule has 26 heavy (non-hydrogen) atoms. The summed E-state index contributed by atoms with van der Waals surface area (Å²) in [6.45, 7) is 4.30. The third-order valence-electron chi connectivity index (χ3n) is 4.91. The van der Waals surface area contributed by atoms with Crippen LogP contribution in [0.15, 0.2) is 73.1 Å². The Bertz CT molecular complexity index is 1030. The van der Waals surface area contributed by atoms with Gasteiger partial charge in [-0.3, -0.25) is 4.98 Å². The van der Waals surface area contributed by atoms with E-state index in [2.05, 4.69) is 73.4 Å². The summed E-state index contributed by atoms with van der Waals surface area (Å²) >= 11 is 0. The lowest BCUT2D eigenvalue weighted by molar-refractivity contribution is 1.12. The minimum Gasteiger partial charge on any atom is -0.264 e. The van der Waals surface area contributed by atoms with Crippen molar-refractivity contribution in [2.75, 3.05) is 0 Å². The molecule has 4 rings (SSSR count). The molecule has 0 atom stereocenters. The van der Waals surface area contributed by atoms with Gasteiger partial charge >= 0.3 is 0 Å². The number of benzene rings is 2. The molecule has 0 saturated heterocycles. The van der Waals surface area contributed by atoms with Crippen molar-refractivity contribution in [2.24, 2.45) is 0 Å². The van der Waals surface area contributed by atoms with Crippen molar-refractivity contribution in [1.29, 1.82) is 0 Å². The normalized spacial score (nSPS) is 11.0. The van der Waals surface area contributed by atoms with Crippen LogP contribution in [0.4, 0.5) is 0 Å². The van der Waals surface area contributed by atoms with Gasteiger partial charge in [-0.15, -0.1) is 0 Å². The van der Waals surface area contributed by atoms with Gasteiger partial charge < -0.3 is 0 Å². The van der Waals surface area contributed by atoms with Gasteiger partial charge in [0, 0.05) is 23.3 Å². The molecule has 0 unspecified atom stereocenters. The van der Waals surface area contributed by atoms with E-state index in [0.29, 0.717) is 0 Å². The molecule has 0 N–H and O–H groups in total. The van der Waals surface area contributed by atoms with Crippen LogP contribution in [0.3, 0.4) is 0 Å². The van der Waals surface area contributed by atoms with Gasteiger partial charge in [0.2, 0.25) is 0 Å². The van der Waals surface area contributed by atoms with E-state index in [-0.39, 0.29) is 0 Å². The molecule has 2 aromatic heterocycles. The summed E-state index contributed by atoms with van der Waals surface area (Å²) in [7, 11) is 0. The molecule has 0 radical (unpaired) electrons. The zero-order valence-electron chi connectivity index (χ0n) is 15.2. The van der Waals surface area contributed by atoms with E-state index in [1.807, 2.05) is 12.3 Å². The SMILES string of the molecule is CCc1ccc(Cc2ccc(-c3cc(C)c4cnccc4n3)cc2)cc1. The Hall–Kier alpha value is -3.00. The zero-order valence-corrected chi connectivity index (χ0v) is 15.2. The van der Waals surface area contributed by atoms with Gasteiger partial charge in [0.25, 0.3) is 0 Å². The summed E-state index contributed by atoms with van der Waals surface area (Å²) in [4.78, 5) is 9.00. The second-order valence-electron chi connectivity index (χ2n) is 6.76. The van der Waals surface area contributed by atoms with Crippen molar-refractivity contribution in [1.82, 2.24) is 9.97 Å². The molecule has 0 saturated carbocycles. The van der Waals surface area contributed by atoms with Crippen molar-refractivity contribution < 1.29 is 0 Å². The molecule has 0 aliphatic rings. The largest absolute Gasteiger partial charge is 0.264 e. The number of hydrogen-bond acceptors (Lipinski definition) is 2. The Morgan fingerprint density at radius 3 is 2.15 bits per heavy atom. The van der Waals surface area contributed by atoms with Gasteiger partial charge in [0.1, 0.15) is 0 Å². The molecule has 0 fully saturated rings. The highest BCUT2D eigenvalue weighted by atomic mass is 14.7. The van der Waals surface area contributed by atoms with Crippen LogP contribution in [0.5, 0.6) is 0 Å². The summed E-state index contributed by atoms with van der Waals surface area (Å²) in [5.41, 5.74) is 8.42. The molecule has 0 spiro atoms. The first kappa shape index (κ1) is 16.5. The number of rotatable bonds is 4. The van der Waals surface area contributed by atoms with E-state index < -0.39 is 0 Å². The second kappa shape index (κ2) is 7.09. The average molecular weight is 338 g/mol. The zero-order chi connectivity index (χ0) is 17.9. The number of pyridine rings is 2. The van der Waals surface area contributed by atoms with Crippen molar-refractivity contribution >= 4 is 10.9 Å². The third kappa shape index (κ3) is 3.36. The molecule has 0 aliphatic carbocycles. The Morgan fingerprint density at radius 2 is 1.46 bits per heavy atom. The monoisotopic (exact) mass is 338 g/mol. The number of aryl methyl sites for hydroxylation is 2. The van der Waals surface area contributed by atoms with E-state index in [1.165, 1.54) is 22.3 Å². The van der Waals surface area contributed by atoms with Crippen LogP contribution in [-0.2, 0) is 12.8 Å². The smallest absolute Gasteiger partial charge is 0.0742 e. The Balaban J connectivity index is 1.59. The van der Waals surface area contributed by atoms with Gasteiger partial charge in [-0.1, -0.05) is 55.5 Å². The summed E-state index contributed by atoms with van der Waals surface area (Å²) in [5.74, 6) is 0. The number of aromatic nitrogens is 2. The second-order valence-corrected chi connectivity index (χ2v) is 6.76. The maximum absolute atomic E-state index is 4.80. The van der Waals surface area contributed by atoms with Crippen LogP contribution in [-0.4, -0.2) is 9.97 Å². The van der Waals surface area contributed by atoms with Crippen molar-refractivity contribution in [2.45, 2.75) is 26.7 Å². The molecule has 2 nitrogen and oxygen atoms in total. The van der Waals surface area contributed by atoms with Gasteiger partial charge in [-0.25, -0.2) is 4.98 Å². The van der Waals surface area contributed by atoms with E-state index in [9.17, 15) is 0 Å². The molecule has 0 aliphatic heterocycles. The standard InChI is InChI=1S/C24H22N2/c1-3-18-4-6-19(7-5-18)15-20-8-10-21(11-9-20)24-14-17(2)22-16-25-13-12-23(22)26-24/h4-14,16H,3,15H2,1-2H3. The average Bonchev–Trinajstić information content (AvgIpc) is 2.69. The topological polar surface area (TPSA) is 25.8 Å². The lowest BCUT2D eigenvalue weighted by Crippen LogP contribution is -1.92. The summed E-state index contributed by atoms with van der Waals surface area (Å²) in [6.07, 6.45) is 5.73. The summed E-state index contributed by atoms with van der Waals surface area (Å²) < 4.78 is 0. The first-order valence-electron chi connectivity index (χ1n) is 9.11. The minimum absolute atomic E-state index is 0.958. The van der Waals surface area contributed by atoms with E-state index >= 15 is 0 Å². The van der Waals surface area contributed by atoms with E-state index in [1.54, 1.807) is 6.20 Å². The van der Waals surface area contributed by atoms with E-state index in [0.717, 1.165) is 35.0 Å². The van der Waals surface area contributed by atoms with Crippen molar-refractivity contribution in [3.63, 3.8) is 0 Å². The molecular formula is C24H22N2. The van der Waals surface area contributed by atoms with Gasteiger partial charge in [0.05, 0.1) is 11.2 Å². The van der Waals surface area contributed by atoms with Gasteiger partial charge in [-0.2, -0.15) is 0 Å². The van der Waals surface area contributed by atoms with Crippen LogP contribution >= 0.6 is 0 Å². The molecule has 0 amide bonds. The molecule has 2 heterocycles. The van der Waals surface area contributed by atoms with Gasteiger partial charge in [0.15, 0.2) is 0 Å². The van der Waals surface area contributed by atoms with Crippen LogP contribution < -0.4 is 0 Å². The third-order valence-corrected chi connectivity index (χ3v) is 4.91. The molecule has 128 valence electrons. The maximum atomic E-state index is 4.80. The van der Waals surface area contributed by atoms with Crippen LogP contribution in [0.2, 0.25) is 0 Å². The fourth-order valence-corrected chi connectivity index (χ4v) is 3.30. The predicted octanol–water partition coefficient (Wildman–Crippen LogP) is 5.76. The highest BCUT2D eigenvalue weighted by Crippen LogP contribution is 2.24. The van der Waals surface area contributed by atoms with Crippen molar-refractivity contribution in [3.05, 3.63) is 95.3 Å². The first-order valence-corrected chi connectivity index (χ1v) is 9.11. The number of hydrogen-bond donors (Lipinski definition) is 0. The highest BCUT2D eigenvalue weighted by molar-refractivity contribution is 5.84. The Kier molecular flexibility index (Phi) is 4.49. The lowest BCUT2D eigenvalue weighted by Gasteiger charge is -2.08. The fraction of sp³-hybridized carbons (Fsp3) is 0.167.